The van der Waals surface area contributed by atoms with Crippen LogP contribution in [-0.4, -0.2) is 0 Å². The smallest absolute Gasteiger partial charge is 0.822 e. The van der Waals surface area contributed by atoms with Crippen LogP contribution >= 0.6 is 7.82 Å². The summed E-state index contributed by atoms with van der Waals surface area (Å²) >= 11 is 0. The molecule has 0 aromatic carbocycles. The van der Waals surface area contributed by atoms with Crippen molar-refractivity contribution in [3.05, 3.63) is 0 Å². The molecule has 0 N–H and O–H groups in total. The first-order valence-electron chi connectivity index (χ1n) is 0.730. The predicted octanol–water partition coefficient (Wildman–Crippen LogP) is -2.83. The van der Waals surface area contributed by atoms with E-state index in [1.54, 1.807) is 0 Å². The van der Waals surface area contributed by atoms with Gasteiger partial charge in [-0.2, -0.15) is 7.82 Å². The summed E-state index contributed by atoms with van der Waals surface area (Å²) < 4.78 is 8.55. The zero-order valence-corrected chi connectivity index (χ0v) is 8.49. The number of phosphoric acid groups is 1. The summed E-state index contributed by atoms with van der Waals surface area (Å²) in [4.78, 5) is 25.6. The largest absolute Gasteiger partial charge is 2.00 e. The van der Waals surface area contributed by atoms with Crippen LogP contribution in [0, 0.1) is 0 Å². The van der Waals surface area contributed by atoms with Crippen LogP contribution in [0.15, 0.2) is 0 Å². The summed E-state index contributed by atoms with van der Waals surface area (Å²) in [7, 11) is -5.39. The molecule has 0 rings (SSSR count). The van der Waals surface area contributed by atoms with Crippen molar-refractivity contribution in [2.45, 2.75) is 0 Å². The van der Waals surface area contributed by atoms with Gasteiger partial charge in [-0.15, -0.1) is 0 Å². The molecule has 0 aromatic heterocycles. The third kappa shape index (κ3) is 119. The first kappa shape index (κ1) is 15.8. The molecule has 0 saturated heterocycles. The van der Waals surface area contributed by atoms with E-state index in [0.717, 1.165) is 0 Å². The Labute approximate surface area is 65.2 Å². The van der Waals surface area contributed by atoms with E-state index in [0.29, 0.717) is 0 Å². The Kier molecular flexibility index (Phi) is 12.3. The zero-order valence-electron chi connectivity index (χ0n) is 3.23. The fraction of sp³-hybridized carbons (Fsp3) is 0. The number of hydrogen-bond acceptors (Lipinski definition) is 4. The van der Waals surface area contributed by atoms with Gasteiger partial charge >= 0.3 is 19.5 Å². The average molecular weight is 211 g/mol. The number of rotatable bonds is 0. The standard InChI is InChI=1S/H3O4P.V.Zn/c1-5(2,3)4;;/h(H3,1,2,3,4);;/q;;+2/p-3. The van der Waals surface area contributed by atoms with E-state index in [1.807, 2.05) is 0 Å². The molecule has 0 aliphatic carbocycles. The van der Waals surface area contributed by atoms with Gasteiger partial charge < -0.3 is 19.2 Å². The molecule has 0 unspecified atom stereocenters. The number of hydrogen-bond donors (Lipinski definition) is 0. The Morgan fingerprint density at radius 2 is 1.14 bits per heavy atom. The Morgan fingerprint density at radius 3 is 1.14 bits per heavy atom. The summed E-state index contributed by atoms with van der Waals surface area (Å²) in [5, 5.41) is 0. The summed E-state index contributed by atoms with van der Waals surface area (Å²) in [6.07, 6.45) is 0. The van der Waals surface area contributed by atoms with Crippen LogP contribution in [0.3, 0.4) is 0 Å². The summed E-state index contributed by atoms with van der Waals surface area (Å²) in [6, 6.07) is 0. The van der Waals surface area contributed by atoms with Crippen molar-refractivity contribution >= 4 is 7.82 Å². The monoisotopic (exact) mass is 210 g/mol. The topological polar surface area (TPSA) is 86.2 Å². The molecule has 0 aromatic rings. The van der Waals surface area contributed by atoms with Crippen LogP contribution < -0.4 is 14.7 Å². The quantitative estimate of drug-likeness (QED) is 0.319. The van der Waals surface area contributed by atoms with Crippen LogP contribution in [0.4, 0.5) is 0 Å². The van der Waals surface area contributed by atoms with Crippen molar-refractivity contribution in [3.63, 3.8) is 0 Å². The molecule has 0 fully saturated rings. The fourth-order valence-corrected chi connectivity index (χ4v) is 0. The molecule has 0 bridgehead atoms. The van der Waals surface area contributed by atoms with Gasteiger partial charge in [-0.25, -0.2) is 0 Å². The third-order valence-corrected chi connectivity index (χ3v) is 0. The van der Waals surface area contributed by atoms with E-state index in [9.17, 15) is 0 Å². The zero-order chi connectivity index (χ0) is 4.50. The minimum Gasteiger partial charge on any atom is -0.822 e. The second kappa shape index (κ2) is 5.45. The van der Waals surface area contributed by atoms with Crippen molar-refractivity contribution in [1.82, 2.24) is 0 Å². The van der Waals surface area contributed by atoms with Crippen molar-refractivity contribution in [1.29, 1.82) is 0 Å². The van der Waals surface area contributed by atoms with Gasteiger partial charge in [-0.3, -0.25) is 0 Å². The Hall–Kier alpha value is 1.32. The molecule has 0 amide bonds. The van der Waals surface area contributed by atoms with Crippen molar-refractivity contribution in [2.75, 3.05) is 0 Å². The molecule has 0 heterocycles. The fourth-order valence-electron chi connectivity index (χ4n) is 0. The van der Waals surface area contributed by atoms with Gasteiger partial charge in [-0.1, -0.05) is 0 Å². The van der Waals surface area contributed by atoms with Crippen LogP contribution in [-0.2, 0) is 42.6 Å². The van der Waals surface area contributed by atoms with E-state index in [1.165, 1.54) is 0 Å². The second-order valence-corrected chi connectivity index (χ2v) is 1.34. The Balaban J connectivity index is -0.0000000800. The van der Waals surface area contributed by atoms with Crippen LogP contribution in [0.1, 0.15) is 0 Å². The van der Waals surface area contributed by atoms with Crippen LogP contribution in [0.2, 0.25) is 0 Å². The van der Waals surface area contributed by atoms with Gasteiger partial charge in [0.1, 0.15) is 0 Å². The average Bonchev–Trinajstić information content (AvgIpc) is 0.722. The van der Waals surface area contributed by atoms with Crippen LogP contribution in [0.5, 0.6) is 0 Å². The molecular formula is O4PVZn-. The first-order chi connectivity index (χ1) is 2.00. The molecule has 0 spiro atoms. The second-order valence-electron chi connectivity index (χ2n) is 0.447. The van der Waals surface area contributed by atoms with Gasteiger partial charge in [0.2, 0.25) is 0 Å². The maximum Gasteiger partial charge on any atom is 2.00 e. The normalized spacial score (nSPS) is 8.43. The maximum atomic E-state index is 8.55. The predicted molar refractivity (Wildman–Crippen MR) is 7.61 cm³/mol. The molecule has 0 aliphatic heterocycles. The maximum absolute atomic E-state index is 8.55. The van der Waals surface area contributed by atoms with Gasteiger partial charge in [0, 0.05) is 18.6 Å². The Bertz CT molecular complexity index is 57.8. The van der Waals surface area contributed by atoms with E-state index in [2.05, 4.69) is 0 Å². The Morgan fingerprint density at radius 1 is 1.14 bits per heavy atom. The molecule has 0 aliphatic rings. The molecule has 4 nitrogen and oxygen atoms in total. The van der Waals surface area contributed by atoms with Gasteiger partial charge in [0.25, 0.3) is 0 Å². The minimum atomic E-state index is -5.39. The molecule has 0 atom stereocenters. The molecular weight excluding hydrogens is 211 g/mol. The van der Waals surface area contributed by atoms with E-state index >= 15 is 0 Å². The summed E-state index contributed by atoms with van der Waals surface area (Å²) in [5.41, 5.74) is 0. The van der Waals surface area contributed by atoms with E-state index in [4.69, 9.17) is 19.2 Å². The minimum absolute atomic E-state index is 0. The molecule has 37 valence electrons. The first-order valence-corrected chi connectivity index (χ1v) is 2.19. The van der Waals surface area contributed by atoms with Crippen molar-refractivity contribution < 1.29 is 57.3 Å². The van der Waals surface area contributed by atoms with Crippen LogP contribution in [0.25, 0.3) is 0 Å². The summed E-state index contributed by atoms with van der Waals surface area (Å²) in [6.45, 7) is 0. The summed E-state index contributed by atoms with van der Waals surface area (Å²) in [5.74, 6) is 0. The SMILES string of the molecule is O=P([O-])([O-])[O-].[V].[Zn+2]. The van der Waals surface area contributed by atoms with Crippen molar-refractivity contribution in [3.8, 4) is 0 Å². The molecule has 1 radical (unpaired) electrons. The third-order valence-electron chi connectivity index (χ3n) is 0. The van der Waals surface area contributed by atoms with Gasteiger partial charge in [0.05, 0.1) is 0 Å². The van der Waals surface area contributed by atoms with E-state index in [-0.39, 0.29) is 38.0 Å². The van der Waals surface area contributed by atoms with Gasteiger partial charge in [0.15, 0.2) is 0 Å². The van der Waals surface area contributed by atoms with E-state index < -0.39 is 7.82 Å². The van der Waals surface area contributed by atoms with Gasteiger partial charge in [-0.05, 0) is 0 Å². The van der Waals surface area contributed by atoms with Crippen molar-refractivity contribution in [2.24, 2.45) is 0 Å². The molecule has 7 heteroatoms. The molecule has 0 saturated carbocycles. The molecule has 7 heavy (non-hydrogen) atoms.